The highest BCUT2D eigenvalue weighted by molar-refractivity contribution is 7.89. The number of carbonyl (C=O) groups excluding carboxylic acids is 1. The molecule has 1 fully saturated rings. The Balaban J connectivity index is 2.25. The number of hydrogen-bond acceptors (Lipinski definition) is 5. The van der Waals surface area contributed by atoms with Gasteiger partial charge in [-0.1, -0.05) is 6.07 Å². The van der Waals surface area contributed by atoms with E-state index in [-0.39, 0.29) is 35.5 Å². The van der Waals surface area contributed by atoms with Crippen LogP contribution in [0.1, 0.15) is 18.4 Å². The second-order valence-electron chi connectivity index (χ2n) is 5.50. The molecule has 1 aliphatic heterocycles. The Morgan fingerprint density at radius 1 is 1.35 bits per heavy atom. The topological polar surface area (TPSA) is 110 Å². The normalized spacial score (nSPS) is 17.0. The summed E-state index contributed by atoms with van der Waals surface area (Å²) in [6.07, 6.45) is 0.875. The summed E-state index contributed by atoms with van der Waals surface area (Å²) in [5.41, 5.74) is 0.207. The number of aryl methyl sites for hydroxylation is 1. The molecule has 9 heteroatoms. The van der Waals surface area contributed by atoms with E-state index in [9.17, 15) is 23.3 Å². The van der Waals surface area contributed by atoms with Gasteiger partial charge in [-0.3, -0.25) is 14.9 Å². The van der Waals surface area contributed by atoms with E-state index in [2.05, 4.69) is 5.32 Å². The Labute approximate surface area is 134 Å². The van der Waals surface area contributed by atoms with Crippen molar-refractivity contribution in [1.29, 1.82) is 0 Å². The first kappa shape index (κ1) is 17.4. The van der Waals surface area contributed by atoms with Crippen LogP contribution in [0.15, 0.2) is 23.1 Å². The largest absolute Gasteiger partial charge is 0.359 e. The number of nitro benzene ring substituents is 1. The van der Waals surface area contributed by atoms with Gasteiger partial charge in [-0.2, -0.15) is 4.31 Å². The number of rotatable bonds is 4. The first-order valence-corrected chi connectivity index (χ1v) is 8.68. The van der Waals surface area contributed by atoms with E-state index in [0.29, 0.717) is 18.4 Å². The van der Waals surface area contributed by atoms with Crippen LogP contribution in [0.25, 0.3) is 0 Å². The predicted octanol–water partition coefficient (Wildman–Crippen LogP) is 1.05. The minimum Gasteiger partial charge on any atom is -0.359 e. The van der Waals surface area contributed by atoms with Crippen molar-refractivity contribution in [3.8, 4) is 0 Å². The summed E-state index contributed by atoms with van der Waals surface area (Å²) in [7, 11) is -2.25. The lowest BCUT2D eigenvalue weighted by Gasteiger charge is -2.30. The molecule has 0 aromatic heterocycles. The molecule has 1 aromatic carbocycles. The number of sulfonamides is 1. The molecule has 1 heterocycles. The van der Waals surface area contributed by atoms with Crippen LogP contribution in [-0.4, -0.2) is 43.7 Å². The molecule has 2 rings (SSSR count). The van der Waals surface area contributed by atoms with Crippen molar-refractivity contribution in [1.82, 2.24) is 9.62 Å². The molecule has 0 unspecified atom stereocenters. The molecule has 0 bridgehead atoms. The number of carbonyl (C=O) groups is 1. The number of benzene rings is 1. The van der Waals surface area contributed by atoms with Gasteiger partial charge in [0, 0.05) is 38.2 Å². The Kier molecular flexibility index (Phi) is 5.00. The van der Waals surface area contributed by atoms with Crippen LogP contribution in [0.3, 0.4) is 0 Å². The molecule has 1 saturated heterocycles. The zero-order valence-corrected chi connectivity index (χ0v) is 13.8. The van der Waals surface area contributed by atoms with Crippen molar-refractivity contribution in [3.05, 3.63) is 33.9 Å². The lowest BCUT2D eigenvalue weighted by atomic mass is 9.97. The fourth-order valence-corrected chi connectivity index (χ4v) is 4.40. The van der Waals surface area contributed by atoms with Crippen LogP contribution in [0.4, 0.5) is 5.69 Å². The van der Waals surface area contributed by atoms with Crippen LogP contribution < -0.4 is 5.32 Å². The quantitative estimate of drug-likeness (QED) is 0.650. The zero-order valence-electron chi connectivity index (χ0n) is 13.0. The van der Waals surface area contributed by atoms with E-state index in [1.165, 1.54) is 16.4 Å². The fraction of sp³-hybridized carbons (Fsp3) is 0.500. The Hall–Kier alpha value is -2.00. The average molecular weight is 341 g/mol. The van der Waals surface area contributed by atoms with E-state index in [4.69, 9.17) is 0 Å². The molecule has 0 radical (unpaired) electrons. The summed E-state index contributed by atoms with van der Waals surface area (Å²) in [4.78, 5) is 21.8. The minimum atomic E-state index is -3.81. The first-order chi connectivity index (χ1) is 10.8. The lowest BCUT2D eigenvalue weighted by molar-refractivity contribution is -0.385. The molecule has 1 aliphatic rings. The number of hydrogen-bond donors (Lipinski definition) is 1. The van der Waals surface area contributed by atoms with Gasteiger partial charge >= 0.3 is 0 Å². The molecule has 0 saturated carbocycles. The number of nitro groups is 1. The van der Waals surface area contributed by atoms with E-state index < -0.39 is 14.9 Å². The van der Waals surface area contributed by atoms with Crippen molar-refractivity contribution in [3.63, 3.8) is 0 Å². The standard InChI is InChI=1S/C14H19N3O5S/c1-10-3-4-12(17(19)20)9-13(10)23(21,22)16-7-5-11(6-8-16)14(18)15-2/h3-4,9,11H,5-8H2,1-2H3,(H,15,18). The smallest absolute Gasteiger partial charge is 0.270 e. The van der Waals surface area contributed by atoms with Crippen LogP contribution in [0.5, 0.6) is 0 Å². The van der Waals surface area contributed by atoms with Gasteiger partial charge in [-0.05, 0) is 25.3 Å². The Morgan fingerprint density at radius 2 is 1.96 bits per heavy atom. The van der Waals surface area contributed by atoms with Crippen LogP contribution in [-0.2, 0) is 14.8 Å². The van der Waals surface area contributed by atoms with Crippen LogP contribution in [0.2, 0.25) is 0 Å². The average Bonchev–Trinajstić information content (AvgIpc) is 2.54. The van der Waals surface area contributed by atoms with Crippen molar-refractivity contribution in [2.75, 3.05) is 20.1 Å². The Morgan fingerprint density at radius 3 is 2.48 bits per heavy atom. The first-order valence-electron chi connectivity index (χ1n) is 7.24. The number of non-ortho nitro benzene ring substituents is 1. The molecule has 0 spiro atoms. The van der Waals surface area contributed by atoms with E-state index >= 15 is 0 Å². The predicted molar refractivity (Wildman–Crippen MR) is 83.4 cm³/mol. The van der Waals surface area contributed by atoms with Gasteiger partial charge in [0.05, 0.1) is 9.82 Å². The molecular weight excluding hydrogens is 322 g/mol. The zero-order chi connectivity index (χ0) is 17.2. The summed E-state index contributed by atoms with van der Waals surface area (Å²) in [6.45, 7) is 2.05. The monoisotopic (exact) mass is 341 g/mol. The fourth-order valence-electron chi connectivity index (χ4n) is 2.68. The maximum Gasteiger partial charge on any atom is 0.270 e. The van der Waals surface area contributed by atoms with Gasteiger partial charge in [0.25, 0.3) is 5.69 Å². The molecule has 1 aromatic rings. The second kappa shape index (κ2) is 6.63. The molecule has 1 N–H and O–H groups in total. The summed E-state index contributed by atoms with van der Waals surface area (Å²) >= 11 is 0. The van der Waals surface area contributed by atoms with Gasteiger partial charge in [0.1, 0.15) is 0 Å². The third kappa shape index (κ3) is 3.50. The van der Waals surface area contributed by atoms with E-state index in [1.807, 2.05) is 0 Å². The maximum atomic E-state index is 12.7. The Bertz CT molecular complexity index is 724. The van der Waals surface area contributed by atoms with Gasteiger partial charge in [-0.25, -0.2) is 8.42 Å². The molecular formula is C14H19N3O5S. The molecule has 0 aliphatic carbocycles. The second-order valence-corrected chi connectivity index (χ2v) is 7.41. The van der Waals surface area contributed by atoms with Crippen molar-refractivity contribution in [2.45, 2.75) is 24.7 Å². The highest BCUT2D eigenvalue weighted by atomic mass is 32.2. The number of nitrogens with one attached hydrogen (secondary N) is 1. The summed E-state index contributed by atoms with van der Waals surface area (Å²) in [5, 5.41) is 13.4. The molecule has 126 valence electrons. The van der Waals surface area contributed by atoms with Crippen molar-refractivity contribution < 1.29 is 18.1 Å². The molecule has 1 amide bonds. The lowest BCUT2D eigenvalue weighted by Crippen LogP contribution is -2.42. The highest BCUT2D eigenvalue weighted by Gasteiger charge is 2.33. The summed E-state index contributed by atoms with van der Waals surface area (Å²) < 4.78 is 26.8. The van der Waals surface area contributed by atoms with Gasteiger partial charge < -0.3 is 5.32 Å². The number of piperidine rings is 1. The third-order valence-electron chi connectivity index (χ3n) is 4.07. The molecule has 0 atom stereocenters. The third-order valence-corrected chi connectivity index (χ3v) is 6.11. The number of nitrogens with zero attached hydrogens (tertiary/aromatic N) is 2. The van der Waals surface area contributed by atoms with Crippen LogP contribution >= 0.6 is 0 Å². The van der Waals surface area contributed by atoms with Crippen molar-refractivity contribution in [2.24, 2.45) is 5.92 Å². The van der Waals surface area contributed by atoms with Crippen molar-refractivity contribution >= 4 is 21.6 Å². The van der Waals surface area contributed by atoms with E-state index in [0.717, 1.165) is 6.07 Å². The molecule has 8 nitrogen and oxygen atoms in total. The van der Waals surface area contributed by atoms with Crippen LogP contribution in [0, 0.1) is 23.0 Å². The van der Waals surface area contributed by atoms with Gasteiger partial charge in [-0.15, -0.1) is 0 Å². The maximum absolute atomic E-state index is 12.7. The minimum absolute atomic E-state index is 0.0508. The highest BCUT2D eigenvalue weighted by Crippen LogP contribution is 2.28. The number of amides is 1. The SMILES string of the molecule is CNC(=O)C1CCN(S(=O)(=O)c2cc([N+](=O)[O-])ccc2C)CC1. The molecule has 23 heavy (non-hydrogen) atoms. The van der Waals surface area contributed by atoms with Gasteiger partial charge in [0.2, 0.25) is 15.9 Å². The van der Waals surface area contributed by atoms with Gasteiger partial charge in [0.15, 0.2) is 0 Å². The summed E-state index contributed by atoms with van der Waals surface area (Å²) in [5.74, 6) is -0.286. The van der Waals surface area contributed by atoms with E-state index in [1.54, 1.807) is 14.0 Å². The summed E-state index contributed by atoms with van der Waals surface area (Å²) in [6, 6.07) is 3.81.